The third kappa shape index (κ3) is 4.82. The van der Waals surface area contributed by atoms with E-state index in [0.717, 1.165) is 38.4 Å². The Hall–Kier alpha value is -1.10. The van der Waals surface area contributed by atoms with Crippen molar-refractivity contribution in [2.45, 2.75) is 32.6 Å². The summed E-state index contributed by atoms with van der Waals surface area (Å²) in [5.74, 6) is 0.769. The molecule has 1 N–H and O–H groups in total. The average Bonchev–Trinajstić information content (AvgIpc) is 3.21. The van der Waals surface area contributed by atoms with Crippen LogP contribution in [-0.2, 0) is 14.3 Å². The number of hydrogen-bond donors (Lipinski definition) is 1. The normalized spacial score (nSPS) is 21.1. The van der Waals surface area contributed by atoms with E-state index in [-0.39, 0.29) is 17.8 Å². The van der Waals surface area contributed by atoms with Gasteiger partial charge in [-0.2, -0.15) is 0 Å². The number of carbonyl (C=O) groups excluding carboxylic acids is 2. The van der Waals surface area contributed by atoms with E-state index in [1.807, 2.05) is 6.92 Å². The van der Waals surface area contributed by atoms with E-state index in [0.29, 0.717) is 13.2 Å². The molecule has 1 saturated carbocycles. The zero-order valence-electron chi connectivity index (χ0n) is 11.7. The summed E-state index contributed by atoms with van der Waals surface area (Å²) in [6.45, 7) is 5.18. The monoisotopic (exact) mass is 268 g/mol. The molecule has 2 fully saturated rings. The van der Waals surface area contributed by atoms with Gasteiger partial charge in [0.25, 0.3) is 0 Å². The first-order valence-electron chi connectivity index (χ1n) is 7.34. The van der Waals surface area contributed by atoms with Crippen molar-refractivity contribution in [2.24, 2.45) is 11.8 Å². The van der Waals surface area contributed by atoms with E-state index in [9.17, 15) is 9.59 Å². The van der Waals surface area contributed by atoms with Gasteiger partial charge in [-0.3, -0.25) is 14.5 Å². The minimum atomic E-state index is -0.0830. The lowest BCUT2D eigenvalue weighted by Crippen LogP contribution is -2.43. The summed E-state index contributed by atoms with van der Waals surface area (Å²) in [4.78, 5) is 25.4. The van der Waals surface area contributed by atoms with E-state index in [1.54, 1.807) is 0 Å². The smallest absolute Gasteiger partial charge is 0.309 e. The molecule has 5 heteroatoms. The van der Waals surface area contributed by atoms with Crippen molar-refractivity contribution in [2.75, 3.05) is 32.8 Å². The van der Waals surface area contributed by atoms with Crippen LogP contribution in [-0.4, -0.2) is 49.6 Å². The summed E-state index contributed by atoms with van der Waals surface area (Å²) in [6, 6.07) is 0. The lowest BCUT2D eigenvalue weighted by molar-refractivity contribution is -0.149. The van der Waals surface area contributed by atoms with Gasteiger partial charge < -0.3 is 10.1 Å². The van der Waals surface area contributed by atoms with Gasteiger partial charge in [-0.05, 0) is 51.6 Å². The predicted octanol–water partition coefficient (Wildman–Crippen LogP) is 0.788. The van der Waals surface area contributed by atoms with Gasteiger partial charge in [0.2, 0.25) is 5.91 Å². The Kier molecular flexibility index (Phi) is 5.19. The lowest BCUT2D eigenvalue weighted by Gasteiger charge is -2.30. The molecule has 0 aromatic carbocycles. The summed E-state index contributed by atoms with van der Waals surface area (Å²) in [5.41, 5.74) is 0. The maximum Gasteiger partial charge on any atom is 0.309 e. The van der Waals surface area contributed by atoms with Gasteiger partial charge in [-0.15, -0.1) is 0 Å². The van der Waals surface area contributed by atoms with E-state index < -0.39 is 0 Å². The molecule has 1 aliphatic carbocycles. The first-order valence-corrected chi connectivity index (χ1v) is 7.34. The van der Waals surface area contributed by atoms with Crippen LogP contribution in [0.1, 0.15) is 32.6 Å². The molecule has 0 aromatic heterocycles. The van der Waals surface area contributed by atoms with Crippen LogP contribution in [0.5, 0.6) is 0 Å². The van der Waals surface area contributed by atoms with Crippen LogP contribution in [0.25, 0.3) is 0 Å². The Morgan fingerprint density at radius 2 is 1.89 bits per heavy atom. The zero-order valence-corrected chi connectivity index (χ0v) is 11.7. The maximum absolute atomic E-state index is 11.7. The Labute approximate surface area is 114 Å². The molecule has 1 saturated heterocycles. The fourth-order valence-electron chi connectivity index (χ4n) is 2.43. The highest BCUT2D eigenvalue weighted by Gasteiger charge is 2.27. The number of likely N-dealkylation sites (tertiary alicyclic amines) is 1. The number of amides is 1. The average molecular weight is 268 g/mol. The SMILES string of the molecule is CCOC(=O)C1CCN(CC(=O)NCC2CC2)CC1. The van der Waals surface area contributed by atoms with Gasteiger partial charge in [-0.1, -0.05) is 0 Å². The van der Waals surface area contributed by atoms with Crippen LogP contribution >= 0.6 is 0 Å². The molecule has 0 unspecified atom stereocenters. The topological polar surface area (TPSA) is 58.6 Å². The molecule has 108 valence electrons. The Bertz CT molecular complexity index is 321. The van der Waals surface area contributed by atoms with E-state index >= 15 is 0 Å². The maximum atomic E-state index is 11.7. The van der Waals surface area contributed by atoms with Crippen molar-refractivity contribution in [1.29, 1.82) is 0 Å². The van der Waals surface area contributed by atoms with Gasteiger partial charge in [0.15, 0.2) is 0 Å². The summed E-state index contributed by atoms with van der Waals surface area (Å²) in [7, 11) is 0. The number of esters is 1. The molecule has 0 aromatic rings. The largest absolute Gasteiger partial charge is 0.466 e. The third-order valence-corrected chi connectivity index (χ3v) is 3.86. The summed E-state index contributed by atoms with van der Waals surface area (Å²) in [5, 5.41) is 2.97. The molecule has 19 heavy (non-hydrogen) atoms. The van der Waals surface area contributed by atoms with Crippen LogP contribution < -0.4 is 5.32 Å². The molecule has 0 atom stereocenters. The van der Waals surface area contributed by atoms with Crippen molar-refractivity contribution in [3.8, 4) is 0 Å². The first kappa shape index (κ1) is 14.3. The van der Waals surface area contributed by atoms with Crippen molar-refractivity contribution >= 4 is 11.9 Å². The number of piperidine rings is 1. The molecular formula is C14H24N2O3. The van der Waals surface area contributed by atoms with Crippen molar-refractivity contribution in [3.05, 3.63) is 0 Å². The predicted molar refractivity (Wildman–Crippen MR) is 71.5 cm³/mol. The van der Waals surface area contributed by atoms with Crippen LogP contribution in [0, 0.1) is 11.8 Å². The summed E-state index contributed by atoms with van der Waals surface area (Å²) in [6.07, 6.45) is 4.11. The van der Waals surface area contributed by atoms with Crippen molar-refractivity contribution in [3.63, 3.8) is 0 Å². The van der Waals surface area contributed by atoms with E-state index in [4.69, 9.17) is 4.74 Å². The fourth-order valence-corrected chi connectivity index (χ4v) is 2.43. The fraction of sp³-hybridized carbons (Fsp3) is 0.857. The summed E-state index contributed by atoms with van der Waals surface area (Å²) >= 11 is 0. The van der Waals surface area contributed by atoms with E-state index in [1.165, 1.54) is 12.8 Å². The molecule has 5 nitrogen and oxygen atoms in total. The van der Waals surface area contributed by atoms with Crippen molar-refractivity contribution in [1.82, 2.24) is 10.2 Å². The molecule has 0 radical (unpaired) electrons. The van der Waals surface area contributed by atoms with Gasteiger partial charge in [0.1, 0.15) is 0 Å². The highest BCUT2D eigenvalue weighted by Crippen LogP contribution is 2.27. The van der Waals surface area contributed by atoms with Crippen LogP contribution in [0.4, 0.5) is 0 Å². The molecular weight excluding hydrogens is 244 g/mol. The minimum absolute atomic E-state index is 0.0192. The number of hydrogen-bond acceptors (Lipinski definition) is 4. The van der Waals surface area contributed by atoms with Gasteiger partial charge in [0, 0.05) is 6.54 Å². The van der Waals surface area contributed by atoms with E-state index in [2.05, 4.69) is 10.2 Å². The Morgan fingerprint density at radius 1 is 1.21 bits per heavy atom. The first-order chi connectivity index (χ1) is 9.19. The number of nitrogens with one attached hydrogen (secondary N) is 1. The second kappa shape index (κ2) is 6.89. The quantitative estimate of drug-likeness (QED) is 0.724. The zero-order chi connectivity index (χ0) is 13.7. The molecule has 0 spiro atoms. The molecule has 0 bridgehead atoms. The molecule has 2 aliphatic rings. The lowest BCUT2D eigenvalue weighted by atomic mass is 9.97. The molecule has 2 rings (SSSR count). The number of rotatable bonds is 6. The highest BCUT2D eigenvalue weighted by atomic mass is 16.5. The van der Waals surface area contributed by atoms with Crippen molar-refractivity contribution < 1.29 is 14.3 Å². The standard InChI is InChI=1S/C14H24N2O3/c1-2-19-14(18)12-5-7-16(8-6-12)10-13(17)15-9-11-3-4-11/h11-12H,2-10H2,1H3,(H,15,17). The third-order valence-electron chi connectivity index (χ3n) is 3.86. The van der Waals surface area contributed by atoms with Crippen LogP contribution in [0.15, 0.2) is 0 Å². The Morgan fingerprint density at radius 3 is 2.47 bits per heavy atom. The van der Waals surface area contributed by atoms with Gasteiger partial charge in [0.05, 0.1) is 19.1 Å². The van der Waals surface area contributed by atoms with Gasteiger partial charge in [-0.25, -0.2) is 0 Å². The number of carbonyl (C=O) groups is 2. The highest BCUT2D eigenvalue weighted by molar-refractivity contribution is 5.78. The number of nitrogens with zero attached hydrogens (tertiary/aromatic N) is 1. The minimum Gasteiger partial charge on any atom is -0.466 e. The van der Waals surface area contributed by atoms with Crippen LogP contribution in [0.3, 0.4) is 0 Å². The molecule has 1 aliphatic heterocycles. The summed E-state index contributed by atoms with van der Waals surface area (Å²) < 4.78 is 5.03. The second-order valence-corrected chi connectivity index (χ2v) is 5.55. The number of ether oxygens (including phenoxy) is 1. The second-order valence-electron chi connectivity index (χ2n) is 5.55. The Balaban J connectivity index is 1.62. The van der Waals surface area contributed by atoms with Gasteiger partial charge >= 0.3 is 5.97 Å². The van der Waals surface area contributed by atoms with Crippen LogP contribution in [0.2, 0.25) is 0 Å². The molecule has 1 heterocycles. The molecule has 1 amide bonds.